The van der Waals surface area contributed by atoms with E-state index in [-0.39, 0.29) is 6.10 Å². The minimum atomic E-state index is -0.482. The second-order valence-electron chi connectivity index (χ2n) is 3.44. The first-order valence-corrected chi connectivity index (χ1v) is 5.54. The maximum absolute atomic E-state index is 11.4. The van der Waals surface area contributed by atoms with E-state index < -0.39 is 6.09 Å². The molecule has 16 heavy (non-hydrogen) atoms. The average Bonchev–Trinajstić information content (AvgIpc) is 2.18. The number of rotatable bonds is 2. The van der Waals surface area contributed by atoms with Crippen molar-refractivity contribution in [2.75, 3.05) is 18.4 Å². The number of hydrogen-bond donors (Lipinski definition) is 2. The van der Waals surface area contributed by atoms with Crippen molar-refractivity contribution in [3.05, 3.63) is 28.2 Å². The van der Waals surface area contributed by atoms with Crippen LogP contribution in [0.2, 0.25) is 10.0 Å². The van der Waals surface area contributed by atoms with E-state index in [1.54, 1.807) is 18.2 Å². The lowest BCUT2D eigenvalue weighted by molar-refractivity contribution is 0.0778. The van der Waals surface area contributed by atoms with Gasteiger partial charge in [-0.15, -0.1) is 0 Å². The van der Waals surface area contributed by atoms with Crippen LogP contribution in [0.15, 0.2) is 18.2 Å². The van der Waals surface area contributed by atoms with Gasteiger partial charge >= 0.3 is 6.09 Å². The first-order valence-electron chi connectivity index (χ1n) is 4.78. The summed E-state index contributed by atoms with van der Waals surface area (Å²) in [5.41, 5.74) is 0.562. The highest BCUT2D eigenvalue weighted by atomic mass is 35.5. The SMILES string of the molecule is O=C(Nc1ccc(Cl)c(Cl)c1)OC1CNC1. The predicted molar refractivity (Wildman–Crippen MR) is 63.2 cm³/mol. The van der Waals surface area contributed by atoms with E-state index in [2.05, 4.69) is 10.6 Å². The Hall–Kier alpha value is -0.970. The van der Waals surface area contributed by atoms with Gasteiger partial charge in [-0.25, -0.2) is 4.79 Å². The lowest BCUT2D eigenvalue weighted by Crippen LogP contribution is -2.49. The van der Waals surface area contributed by atoms with Crippen molar-refractivity contribution < 1.29 is 9.53 Å². The summed E-state index contributed by atoms with van der Waals surface area (Å²) in [4.78, 5) is 11.4. The van der Waals surface area contributed by atoms with Gasteiger partial charge in [0.05, 0.1) is 10.0 Å². The van der Waals surface area contributed by atoms with Crippen molar-refractivity contribution in [3.8, 4) is 0 Å². The van der Waals surface area contributed by atoms with Gasteiger partial charge in [0.2, 0.25) is 0 Å². The van der Waals surface area contributed by atoms with Crippen LogP contribution >= 0.6 is 23.2 Å². The van der Waals surface area contributed by atoms with Crippen LogP contribution in [-0.2, 0) is 4.74 Å². The molecule has 1 aliphatic heterocycles. The number of ether oxygens (including phenoxy) is 1. The Balaban J connectivity index is 1.92. The van der Waals surface area contributed by atoms with Crippen molar-refractivity contribution in [1.29, 1.82) is 0 Å². The molecule has 1 aromatic carbocycles. The fraction of sp³-hybridized carbons (Fsp3) is 0.300. The summed E-state index contributed by atoms with van der Waals surface area (Å²) in [6.07, 6.45) is -0.521. The van der Waals surface area contributed by atoms with Crippen molar-refractivity contribution in [2.24, 2.45) is 0 Å². The van der Waals surface area contributed by atoms with Gasteiger partial charge in [0.15, 0.2) is 0 Å². The van der Waals surface area contributed by atoms with E-state index >= 15 is 0 Å². The number of hydrogen-bond acceptors (Lipinski definition) is 3. The van der Waals surface area contributed by atoms with E-state index in [0.717, 1.165) is 0 Å². The van der Waals surface area contributed by atoms with E-state index in [9.17, 15) is 4.79 Å². The minimum Gasteiger partial charge on any atom is -0.443 e. The van der Waals surface area contributed by atoms with Gasteiger partial charge in [-0.05, 0) is 18.2 Å². The van der Waals surface area contributed by atoms with Crippen molar-refractivity contribution in [2.45, 2.75) is 6.10 Å². The highest BCUT2D eigenvalue weighted by Gasteiger charge is 2.20. The fourth-order valence-electron chi connectivity index (χ4n) is 1.22. The first-order chi connectivity index (χ1) is 7.65. The molecule has 0 unspecified atom stereocenters. The summed E-state index contributed by atoms with van der Waals surface area (Å²) in [6.45, 7) is 1.41. The van der Waals surface area contributed by atoms with Gasteiger partial charge in [-0.3, -0.25) is 5.32 Å². The maximum atomic E-state index is 11.4. The summed E-state index contributed by atoms with van der Waals surface area (Å²) in [5.74, 6) is 0. The van der Waals surface area contributed by atoms with Gasteiger partial charge in [-0.1, -0.05) is 23.2 Å². The molecular weight excluding hydrogens is 251 g/mol. The molecule has 0 saturated carbocycles. The van der Waals surface area contributed by atoms with Gasteiger partial charge in [0.25, 0.3) is 0 Å². The molecule has 1 heterocycles. The summed E-state index contributed by atoms with van der Waals surface area (Å²) in [5, 5.41) is 6.42. The van der Waals surface area contributed by atoms with Gasteiger partial charge < -0.3 is 10.1 Å². The largest absolute Gasteiger partial charge is 0.443 e. The number of anilines is 1. The molecule has 0 atom stereocenters. The molecule has 4 nitrogen and oxygen atoms in total. The molecule has 1 aromatic rings. The third-order valence-electron chi connectivity index (χ3n) is 2.18. The van der Waals surface area contributed by atoms with E-state index in [1.807, 2.05) is 0 Å². The third kappa shape index (κ3) is 2.78. The smallest absolute Gasteiger partial charge is 0.411 e. The molecule has 86 valence electrons. The lowest BCUT2D eigenvalue weighted by atomic mass is 10.2. The number of benzene rings is 1. The van der Waals surface area contributed by atoms with Crippen LogP contribution in [0, 0.1) is 0 Å². The molecule has 2 rings (SSSR count). The molecular formula is C10H10Cl2N2O2. The summed E-state index contributed by atoms with van der Waals surface area (Å²) < 4.78 is 5.07. The molecule has 6 heteroatoms. The molecule has 2 N–H and O–H groups in total. The molecule has 1 fully saturated rings. The van der Waals surface area contributed by atoms with Gasteiger partial charge in [-0.2, -0.15) is 0 Å². The quantitative estimate of drug-likeness (QED) is 0.860. The zero-order chi connectivity index (χ0) is 11.5. The Labute approximate surface area is 103 Å². The van der Waals surface area contributed by atoms with Gasteiger partial charge in [0, 0.05) is 18.8 Å². The normalized spacial score (nSPS) is 15.4. The van der Waals surface area contributed by atoms with Crippen LogP contribution < -0.4 is 10.6 Å². The molecule has 1 aliphatic rings. The zero-order valence-corrected chi connectivity index (χ0v) is 9.81. The van der Waals surface area contributed by atoms with E-state index in [4.69, 9.17) is 27.9 Å². The molecule has 1 amide bonds. The Bertz CT molecular complexity index is 408. The zero-order valence-electron chi connectivity index (χ0n) is 8.30. The number of carbonyl (C=O) groups is 1. The van der Waals surface area contributed by atoms with Crippen LogP contribution in [0.3, 0.4) is 0 Å². The number of amides is 1. The van der Waals surface area contributed by atoms with Crippen LogP contribution in [-0.4, -0.2) is 25.3 Å². The van der Waals surface area contributed by atoms with Crippen LogP contribution in [0.25, 0.3) is 0 Å². The summed E-state index contributed by atoms with van der Waals surface area (Å²) >= 11 is 11.6. The Morgan fingerprint density at radius 2 is 2.12 bits per heavy atom. The second-order valence-corrected chi connectivity index (χ2v) is 4.25. The molecule has 0 radical (unpaired) electrons. The van der Waals surface area contributed by atoms with Crippen molar-refractivity contribution in [3.63, 3.8) is 0 Å². The van der Waals surface area contributed by atoms with Gasteiger partial charge in [0.1, 0.15) is 6.10 Å². The summed E-state index contributed by atoms with van der Waals surface area (Å²) in [6, 6.07) is 4.85. The lowest BCUT2D eigenvalue weighted by Gasteiger charge is -2.26. The predicted octanol–water partition coefficient (Wildman–Crippen LogP) is 2.51. The molecule has 1 saturated heterocycles. The van der Waals surface area contributed by atoms with Crippen LogP contribution in [0.5, 0.6) is 0 Å². The highest BCUT2D eigenvalue weighted by molar-refractivity contribution is 6.42. The fourth-order valence-corrected chi connectivity index (χ4v) is 1.52. The van der Waals surface area contributed by atoms with Crippen molar-refractivity contribution >= 4 is 35.0 Å². The van der Waals surface area contributed by atoms with E-state index in [0.29, 0.717) is 28.8 Å². The molecule has 0 spiro atoms. The Morgan fingerprint density at radius 1 is 1.38 bits per heavy atom. The van der Waals surface area contributed by atoms with E-state index in [1.165, 1.54) is 0 Å². The topological polar surface area (TPSA) is 50.4 Å². The van der Waals surface area contributed by atoms with Crippen LogP contribution in [0.1, 0.15) is 0 Å². The first kappa shape index (κ1) is 11.5. The minimum absolute atomic E-state index is 0.0391. The number of nitrogens with one attached hydrogen (secondary N) is 2. The number of carbonyl (C=O) groups excluding carboxylic acids is 1. The average molecular weight is 261 g/mol. The standard InChI is InChI=1S/C10H10Cl2N2O2/c11-8-2-1-6(3-9(8)12)14-10(15)16-7-4-13-5-7/h1-3,7,13H,4-5H2,(H,14,15). The monoisotopic (exact) mass is 260 g/mol. The van der Waals surface area contributed by atoms with Crippen molar-refractivity contribution in [1.82, 2.24) is 5.32 Å². The Morgan fingerprint density at radius 3 is 2.69 bits per heavy atom. The highest BCUT2D eigenvalue weighted by Crippen LogP contribution is 2.25. The number of halogens is 2. The van der Waals surface area contributed by atoms with Crippen LogP contribution in [0.4, 0.5) is 10.5 Å². The Kier molecular flexibility index (Phi) is 3.53. The molecule has 0 aromatic heterocycles. The summed E-state index contributed by atoms with van der Waals surface area (Å²) in [7, 11) is 0. The second kappa shape index (κ2) is 4.91. The molecule has 0 aliphatic carbocycles. The maximum Gasteiger partial charge on any atom is 0.411 e. The molecule has 0 bridgehead atoms. The third-order valence-corrected chi connectivity index (χ3v) is 2.92.